The van der Waals surface area contributed by atoms with Crippen LogP contribution in [-0.2, 0) is 20.4 Å². The van der Waals surface area contributed by atoms with Crippen molar-refractivity contribution in [2.24, 2.45) is 0 Å². The molecule has 7 heteroatoms. The van der Waals surface area contributed by atoms with E-state index in [1.54, 1.807) is 30.3 Å². The topological polar surface area (TPSA) is 101 Å². The fourth-order valence-corrected chi connectivity index (χ4v) is 4.01. The second-order valence-corrected chi connectivity index (χ2v) is 8.27. The lowest BCUT2D eigenvalue weighted by Crippen LogP contribution is -2.40. The molecule has 2 rings (SSSR count). The van der Waals surface area contributed by atoms with Crippen LogP contribution < -0.4 is 5.32 Å². The van der Waals surface area contributed by atoms with Crippen LogP contribution in [0, 0.1) is 0 Å². The maximum Gasteiger partial charge on any atom is 0.326 e. The Morgan fingerprint density at radius 3 is 2.41 bits per heavy atom. The highest BCUT2D eigenvalue weighted by Gasteiger charge is 2.22. The third kappa shape index (κ3) is 5.92. The molecule has 6 nitrogen and oxygen atoms in total. The van der Waals surface area contributed by atoms with E-state index in [-0.39, 0.29) is 16.2 Å². The first-order valence-corrected chi connectivity index (χ1v) is 10.4. The molecular formula is C20H23NO5S. The standard InChI is InChI=1S/C20H23NO5S/c1-2-3-12-18(20(23)24)21-19(22)16-10-7-11-17(13-16)27(25,26)14-15-8-5-4-6-9-15/h4-11,13,18H,2-3,12,14H2,1H3,(H,21,22)(H,23,24)/t18-/m0/s1. The zero-order valence-electron chi connectivity index (χ0n) is 15.1. The largest absolute Gasteiger partial charge is 0.480 e. The smallest absolute Gasteiger partial charge is 0.326 e. The number of carbonyl (C=O) groups is 2. The van der Waals surface area contributed by atoms with Crippen LogP contribution in [0.25, 0.3) is 0 Å². The summed E-state index contributed by atoms with van der Waals surface area (Å²) >= 11 is 0. The van der Waals surface area contributed by atoms with Crippen LogP contribution in [0.15, 0.2) is 59.5 Å². The normalized spacial score (nSPS) is 12.3. The van der Waals surface area contributed by atoms with Gasteiger partial charge < -0.3 is 10.4 Å². The number of carbonyl (C=O) groups excluding carboxylic acids is 1. The minimum absolute atomic E-state index is 0.0273. The SMILES string of the molecule is CCCC[C@H](NC(=O)c1cccc(S(=O)(=O)Cc2ccccc2)c1)C(=O)O. The Kier molecular flexibility index (Phi) is 7.12. The Bertz CT molecular complexity index is 894. The van der Waals surface area contributed by atoms with E-state index in [0.717, 1.165) is 6.42 Å². The van der Waals surface area contributed by atoms with E-state index in [4.69, 9.17) is 0 Å². The summed E-state index contributed by atoms with van der Waals surface area (Å²) < 4.78 is 25.2. The molecule has 0 aliphatic heterocycles. The van der Waals surface area contributed by atoms with Crippen LogP contribution in [0.3, 0.4) is 0 Å². The van der Waals surface area contributed by atoms with Crippen molar-refractivity contribution in [1.82, 2.24) is 5.32 Å². The highest BCUT2D eigenvalue weighted by atomic mass is 32.2. The number of amides is 1. The van der Waals surface area contributed by atoms with Gasteiger partial charge in [-0.1, -0.05) is 56.2 Å². The fourth-order valence-electron chi connectivity index (χ4n) is 2.61. The summed E-state index contributed by atoms with van der Waals surface area (Å²) in [5, 5.41) is 11.7. The molecule has 0 radical (unpaired) electrons. The summed E-state index contributed by atoms with van der Waals surface area (Å²) in [6, 6.07) is 13.4. The van der Waals surface area contributed by atoms with Gasteiger partial charge in [0.15, 0.2) is 9.84 Å². The van der Waals surface area contributed by atoms with E-state index in [9.17, 15) is 23.1 Å². The van der Waals surface area contributed by atoms with Crippen LogP contribution in [0.4, 0.5) is 0 Å². The third-order valence-electron chi connectivity index (χ3n) is 4.10. The summed E-state index contributed by atoms with van der Waals surface area (Å²) in [5.41, 5.74) is 0.768. The van der Waals surface area contributed by atoms with Crippen molar-refractivity contribution in [3.63, 3.8) is 0 Å². The van der Waals surface area contributed by atoms with Crippen LogP contribution in [0.2, 0.25) is 0 Å². The van der Waals surface area contributed by atoms with E-state index in [1.165, 1.54) is 24.3 Å². The number of nitrogens with one attached hydrogen (secondary N) is 1. The first-order valence-electron chi connectivity index (χ1n) is 8.74. The zero-order valence-corrected chi connectivity index (χ0v) is 15.9. The molecule has 1 amide bonds. The Morgan fingerprint density at radius 1 is 1.07 bits per heavy atom. The Labute approximate surface area is 159 Å². The lowest BCUT2D eigenvalue weighted by Gasteiger charge is -2.14. The predicted octanol–water partition coefficient (Wildman–Crippen LogP) is 3.03. The number of hydrogen-bond acceptors (Lipinski definition) is 4. The summed E-state index contributed by atoms with van der Waals surface area (Å²) in [5.74, 6) is -1.88. The number of benzene rings is 2. The Balaban J connectivity index is 2.18. The Hall–Kier alpha value is -2.67. The van der Waals surface area contributed by atoms with Crippen molar-refractivity contribution in [1.29, 1.82) is 0 Å². The van der Waals surface area contributed by atoms with Gasteiger partial charge in [0.25, 0.3) is 5.91 Å². The summed E-state index contributed by atoms with van der Waals surface area (Å²) in [7, 11) is -3.62. The number of carboxylic acid groups (broad SMARTS) is 1. The van der Waals surface area contributed by atoms with Crippen LogP contribution in [0.1, 0.15) is 42.1 Å². The number of unbranched alkanes of at least 4 members (excludes halogenated alkanes) is 1. The second-order valence-electron chi connectivity index (χ2n) is 6.28. The van der Waals surface area contributed by atoms with Gasteiger partial charge in [-0.3, -0.25) is 4.79 Å². The van der Waals surface area contributed by atoms with Crippen molar-refractivity contribution >= 4 is 21.7 Å². The molecule has 0 bridgehead atoms. The lowest BCUT2D eigenvalue weighted by atomic mass is 10.1. The van der Waals surface area contributed by atoms with Crippen molar-refractivity contribution < 1.29 is 23.1 Å². The van der Waals surface area contributed by atoms with Crippen LogP contribution in [-0.4, -0.2) is 31.4 Å². The average molecular weight is 389 g/mol. The maximum atomic E-state index is 12.6. The number of rotatable bonds is 9. The molecule has 0 unspecified atom stereocenters. The lowest BCUT2D eigenvalue weighted by molar-refractivity contribution is -0.139. The van der Waals surface area contributed by atoms with Crippen molar-refractivity contribution in [3.05, 3.63) is 65.7 Å². The van der Waals surface area contributed by atoms with Gasteiger partial charge in [0, 0.05) is 5.56 Å². The molecule has 2 aromatic rings. The van der Waals surface area contributed by atoms with Gasteiger partial charge in [-0.05, 0) is 30.2 Å². The predicted molar refractivity (Wildman–Crippen MR) is 102 cm³/mol. The molecule has 0 spiro atoms. The molecular weight excluding hydrogens is 366 g/mol. The average Bonchev–Trinajstić information content (AvgIpc) is 2.65. The number of aliphatic carboxylic acids is 1. The molecule has 1 atom stereocenters. The van der Waals surface area contributed by atoms with E-state index < -0.39 is 27.8 Å². The summed E-state index contributed by atoms with van der Waals surface area (Å²) in [4.78, 5) is 23.7. The second kappa shape index (κ2) is 9.32. The van der Waals surface area contributed by atoms with Gasteiger partial charge in [0.2, 0.25) is 0 Å². The first kappa shape index (κ1) is 20.6. The highest BCUT2D eigenvalue weighted by Crippen LogP contribution is 2.18. The molecule has 0 aliphatic carbocycles. The van der Waals surface area contributed by atoms with Gasteiger partial charge in [-0.2, -0.15) is 0 Å². The van der Waals surface area contributed by atoms with E-state index >= 15 is 0 Å². The van der Waals surface area contributed by atoms with Gasteiger partial charge in [0.05, 0.1) is 10.6 Å². The van der Waals surface area contributed by atoms with E-state index in [0.29, 0.717) is 18.4 Å². The first-order chi connectivity index (χ1) is 12.8. The van der Waals surface area contributed by atoms with Gasteiger partial charge >= 0.3 is 5.97 Å². The minimum atomic E-state index is -3.62. The number of carboxylic acids is 1. The van der Waals surface area contributed by atoms with Crippen molar-refractivity contribution in [2.45, 2.75) is 42.9 Å². The molecule has 0 fully saturated rings. The molecule has 0 saturated heterocycles. The molecule has 144 valence electrons. The molecule has 0 heterocycles. The number of sulfone groups is 1. The van der Waals surface area contributed by atoms with Crippen LogP contribution >= 0.6 is 0 Å². The highest BCUT2D eigenvalue weighted by molar-refractivity contribution is 7.90. The van der Waals surface area contributed by atoms with E-state index in [1.807, 2.05) is 6.92 Å². The van der Waals surface area contributed by atoms with Crippen LogP contribution in [0.5, 0.6) is 0 Å². The van der Waals surface area contributed by atoms with Gasteiger partial charge in [-0.15, -0.1) is 0 Å². The Morgan fingerprint density at radius 2 is 1.78 bits per heavy atom. The molecule has 0 saturated carbocycles. The zero-order chi connectivity index (χ0) is 19.9. The quantitative estimate of drug-likeness (QED) is 0.686. The van der Waals surface area contributed by atoms with E-state index in [2.05, 4.69) is 5.32 Å². The molecule has 0 aromatic heterocycles. The van der Waals surface area contributed by atoms with Crippen molar-refractivity contribution in [2.75, 3.05) is 0 Å². The molecule has 2 aromatic carbocycles. The summed E-state index contributed by atoms with van der Waals surface area (Å²) in [6.45, 7) is 1.93. The number of hydrogen-bond donors (Lipinski definition) is 2. The third-order valence-corrected chi connectivity index (χ3v) is 5.79. The van der Waals surface area contributed by atoms with Gasteiger partial charge in [0.1, 0.15) is 6.04 Å². The maximum absolute atomic E-state index is 12.6. The summed E-state index contributed by atoms with van der Waals surface area (Å²) in [6.07, 6.45) is 1.80. The monoisotopic (exact) mass is 389 g/mol. The molecule has 2 N–H and O–H groups in total. The van der Waals surface area contributed by atoms with Gasteiger partial charge in [-0.25, -0.2) is 13.2 Å². The fraction of sp³-hybridized carbons (Fsp3) is 0.300. The molecule has 27 heavy (non-hydrogen) atoms. The minimum Gasteiger partial charge on any atom is -0.480 e. The molecule has 0 aliphatic rings. The van der Waals surface area contributed by atoms with Crippen molar-refractivity contribution in [3.8, 4) is 0 Å².